The van der Waals surface area contributed by atoms with Crippen molar-refractivity contribution in [2.24, 2.45) is 5.73 Å². The second-order valence-electron chi connectivity index (χ2n) is 4.65. The number of para-hydroxylation sites is 1. The first-order valence-electron chi connectivity index (χ1n) is 7.12. The molecular formula is C15H23N3O3. The van der Waals surface area contributed by atoms with E-state index in [1.807, 2.05) is 29.6 Å². The Labute approximate surface area is 125 Å². The molecule has 0 aliphatic heterocycles. The van der Waals surface area contributed by atoms with Gasteiger partial charge >= 0.3 is 6.03 Å². The Morgan fingerprint density at radius 2 is 2.00 bits per heavy atom. The molecule has 0 bridgehead atoms. The normalized spacial score (nSPS) is 11.7. The van der Waals surface area contributed by atoms with Crippen LogP contribution in [0.4, 0.5) is 4.79 Å². The Kier molecular flexibility index (Phi) is 7.25. The molecule has 1 unspecified atom stereocenters. The van der Waals surface area contributed by atoms with E-state index in [4.69, 9.17) is 10.5 Å². The first-order valence-corrected chi connectivity index (χ1v) is 7.12. The zero-order chi connectivity index (χ0) is 15.7. The van der Waals surface area contributed by atoms with Gasteiger partial charge in [-0.3, -0.25) is 10.1 Å². The molecule has 6 heteroatoms. The maximum Gasteiger partial charge on any atom is 0.318 e. The van der Waals surface area contributed by atoms with E-state index in [0.717, 1.165) is 24.9 Å². The third-order valence-corrected chi connectivity index (χ3v) is 2.96. The molecule has 0 fully saturated rings. The standard InChI is InChI=1S/C15H23N3O3/c1-3-9-17-12(4-2)11-7-5-6-8-13(11)21-10-14(19)18-15(16)20/h5-8,12,17H,3-4,9-10H2,1-2H3,(H3,16,18,19,20). The van der Waals surface area contributed by atoms with Crippen molar-refractivity contribution in [1.82, 2.24) is 10.6 Å². The Morgan fingerprint density at radius 1 is 1.29 bits per heavy atom. The van der Waals surface area contributed by atoms with Gasteiger partial charge < -0.3 is 15.8 Å². The zero-order valence-corrected chi connectivity index (χ0v) is 12.5. The van der Waals surface area contributed by atoms with Crippen LogP contribution in [0.2, 0.25) is 0 Å². The Bertz CT molecular complexity index is 477. The number of imide groups is 1. The van der Waals surface area contributed by atoms with Crippen LogP contribution in [0.3, 0.4) is 0 Å². The largest absolute Gasteiger partial charge is 0.483 e. The highest BCUT2D eigenvalue weighted by Gasteiger charge is 2.14. The number of primary amides is 1. The van der Waals surface area contributed by atoms with Crippen molar-refractivity contribution < 1.29 is 14.3 Å². The lowest BCUT2D eigenvalue weighted by molar-refractivity contribution is -0.121. The summed E-state index contributed by atoms with van der Waals surface area (Å²) in [6, 6.07) is 6.84. The molecule has 0 spiro atoms. The second-order valence-corrected chi connectivity index (χ2v) is 4.65. The third-order valence-electron chi connectivity index (χ3n) is 2.96. The minimum Gasteiger partial charge on any atom is -0.483 e. The van der Waals surface area contributed by atoms with Gasteiger partial charge in [0.05, 0.1) is 0 Å². The van der Waals surface area contributed by atoms with Crippen molar-refractivity contribution in [2.75, 3.05) is 13.2 Å². The van der Waals surface area contributed by atoms with E-state index in [0.29, 0.717) is 5.75 Å². The zero-order valence-electron chi connectivity index (χ0n) is 12.5. The number of nitrogens with two attached hydrogens (primary N) is 1. The number of carbonyl (C=O) groups is 2. The van der Waals surface area contributed by atoms with Gasteiger partial charge in [-0.15, -0.1) is 0 Å². The van der Waals surface area contributed by atoms with Gasteiger partial charge in [-0.25, -0.2) is 4.79 Å². The molecule has 0 heterocycles. The summed E-state index contributed by atoms with van der Waals surface area (Å²) in [5, 5.41) is 5.41. The minimum absolute atomic E-state index is 0.167. The maximum atomic E-state index is 11.4. The topological polar surface area (TPSA) is 93.4 Å². The molecule has 3 amide bonds. The number of rotatable bonds is 8. The van der Waals surface area contributed by atoms with Gasteiger partial charge in [0.15, 0.2) is 6.61 Å². The number of amides is 3. The summed E-state index contributed by atoms with van der Waals surface area (Å²) in [4.78, 5) is 22.0. The molecule has 116 valence electrons. The number of nitrogens with one attached hydrogen (secondary N) is 2. The van der Waals surface area contributed by atoms with Crippen LogP contribution in [0.25, 0.3) is 0 Å². The predicted molar refractivity (Wildman–Crippen MR) is 81.0 cm³/mol. The molecule has 0 aromatic heterocycles. The smallest absolute Gasteiger partial charge is 0.318 e. The lowest BCUT2D eigenvalue weighted by Gasteiger charge is -2.20. The molecule has 0 saturated carbocycles. The van der Waals surface area contributed by atoms with Gasteiger partial charge in [0.2, 0.25) is 0 Å². The molecule has 0 aliphatic carbocycles. The van der Waals surface area contributed by atoms with Crippen LogP contribution in [0, 0.1) is 0 Å². The van der Waals surface area contributed by atoms with Crippen molar-refractivity contribution >= 4 is 11.9 Å². The highest BCUT2D eigenvalue weighted by Crippen LogP contribution is 2.27. The fraction of sp³-hybridized carbons (Fsp3) is 0.467. The molecule has 1 aromatic rings. The number of benzene rings is 1. The van der Waals surface area contributed by atoms with Crippen LogP contribution in [-0.4, -0.2) is 25.1 Å². The number of hydrogen-bond acceptors (Lipinski definition) is 4. The lowest BCUT2D eigenvalue weighted by atomic mass is 10.0. The SMILES string of the molecule is CCCNC(CC)c1ccccc1OCC(=O)NC(N)=O. The van der Waals surface area contributed by atoms with Gasteiger partial charge in [-0.1, -0.05) is 32.0 Å². The average Bonchev–Trinajstić information content (AvgIpc) is 2.46. The van der Waals surface area contributed by atoms with Crippen LogP contribution >= 0.6 is 0 Å². The Hall–Kier alpha value is -2.08. The van der Waals surface area contributed by atoms with Crippen LogP contribution in [0.1, 0.15) is 38.3 Å². The molecule has 1 aromatic carbocycles. The van der Waals surface area contributed by atoms with Crippen molar-refractivity contribution in [3.63, 3.8) is 0 Å². The van der Waals surface area contributed by atoms with Gasteiger partial charge in [-0.2, -0.15) is 0 Å². The summed E-state index contributed by atoms with van der Waals surface area (Å²) >= 11 is 0. The average molecular weight is 293 g/mol. The first kappa shape index (κ1) is 17.0. The summed E-state index contributed by atoms with van der Waals surface area (Å²) in [6.45, 7) is 4.86. The van der Waals surface area contributed by atoms with Gasteiger partial charge in [0, 0.05) is 11.6 Å². The number of urea groups is 1. The summed E-state index contributed by atoms with van der Waals surface area (Å²) in [5.74, 6) is 0.0689. The van der Waals surface area contributed by atoms with Crippen molar-refractivity contribution in [1.29, 1.82) is 0 Å². The van der Waals surface area contributed by atoms with E-state index in [2.05, 4.69) is 19.2 Å². The summed E-state index contributed by atoms with van der Waals surface area (Å²) in [6.07, 6.45) is 1.95. The number of carbonyl (C=O) groups excluding carboxylic acids is 2. The Morgan fingerprint density at radius 3 is 2.62 bits per heavy atom. The molecule has 4 N–H and O–H groups in total. The molecule has 0 radical (unpaired) electrons. The van der Waals surface area contributed by atoms with Crippen molar-refractivity contribution in [3.8, 4) is 5.75 Å². The molecule has 21 heavy (non-hydrogen) atoms. The number of hydrogen-bond donors (Lipinski definition) is 3. The van der Waals surface area contributed by atoms with E-state index in [-0.39, 0.29) is 12.6 Å². The van der Waals surface area contributed by atoms with Crippen LogP contribution in [-0.2, 0) is 4.79 Å². The Balaban J connectivity index is 2.73. The van der Waals surface area contributed by atoms with E-state index < -0.39 is 11.9 Å². The molecule has 1 rings (SSSR count). The number of ether oxygens (including phenoxy) is 1. The van der Waals surface area contributed by atoms with Gasteiger partial charge in [-0.05, 0) is 25.5 Å². The van der Waals surface area contributed by atoms with Crippen molar-refractivity contribution in [2.45, 2.75) is 32.7 Å². The molecule has 1 atom stereocenters. The van der Waals surface area contributed by atoms with Gasteiger partial charge in [0.1, 0.15) is 5.75 Å². The highest BCUT2D eigenvalue weighted by molar-refractivity contribution is 5.94. The predicted octanol–water partition coefficient (Wildman–Crippen LogP) is 1.71. The van der Waals surface area contributed by atoms with E-state index in [1.165, 1.54) is 0 Å². The molecule has 6 nitrogen and oxygen atoms in total. The van der Waals surface area contributed by atoms with Crippen LogP contribution in [0.15, 0.2) is 24.3 Å². The lowest BCUT2D eigenvalue weighted by Crippen LogP contribution is -2.38. The van der Waals surface area contributed by atoms with E-state index in [1.54, 1.807) is 0 Å². The van der Waals surface area contributed by atoms with Crippen LogP contribution in [0.5, 0.6) is 5.75 Å². The summed E-state index contributed by atoms with van der Waals surface area (Å²) < 4.78 is 5.50. The molecular weight excluding hydrogens is 270 g/mol. The fourth-order valence-corrected chi connectivity index (χ4v) is 2.01. The van der Waals surface area contributed by atoms with E-state index in [9.17, 15) is 9.59 Å². The summed E-state index contributed by atoms with van der Waals surface area (Å²) in [7, 11) is 0. The third kappa shape index (κ3) is 5.83. The highest BCUT2D eigenvalue weighted by atomic mass is 16.5. The van der Waals surface area contributed by atoms with Crippen molar-refractivity contribution in [3.05, 3.63) is 29.8 Å². The monoisotopic (exact) mass is 293 g/mol. The van der Waals surface area contributed by atoms with Gasteiger partial charge in [0.25, 0.3) is 5.91 Å². The second kappa shape index (κ2) is 8.97. The minimum atomic E-state index is -0.882. The van der Waals surface area contributed by atoms with E-state index >= 15 is 0 Å². The quantitative estimate of drug-likeness (QED) is 0.680. The fourth-order valence-electron chi connectivity index (χ4n) is 2.01. The summed E-state index contributed by atoms with van der Waals surface area (Å²) in [5.41, 5.74) is 5.88. The maximum absolute atomic E-state index is 11.4. The van der Waals surface area contributed by atoms with Crippen LogP contribution < -0.4 is 21.1 Å². The first-order chi connectivity index (χ1) is 10.1. The molecule has 0 saturated heterocycles. The molecule has 0 aliphatic rings.